The topological polar surface area (TPSA) is 49.8 Å². The zero-order valence-electron chi connectivity index (χ0n) is 11.3. The Morgan fingerprint density at radius 2 is 2.16 bits per heavy atom. The van der Waals surface area contributed by atoms with Crippen LogP contribution >= 0.6 is 0 Å². The molecule has 1 aromatic carbocycles. The first-order valence-corrected chi connectivity index (χ1v) is 6.81. The van der Waals surface area contributed by atoms with E-state index in [1.165, 1.54) is 0 Å². The van der Waals surface area contributed by atoms with Gasteiger partial charge in [0, 0.05) is 25.8 Å². The van der Waals surface area contributed by atoms with Crippen LogP contribution in [0.4, 0.5) is 0 Å². The molecule has 19 heavy (non-hydrogen) atoms. The maximum absolute atomic E-state index is 12.4. The number of aliphatic hydroxyl groups is 1. The fraction of sp³-hybridized carbons (Fsp3) is 0.533. The van der Waals surface area contributed by atoms with Gasteiger partial charge in [-0.2, -0.15) is 0 Å². The molecule has 1 aromatic rings. The highest BCUT2D eigenvalue weighted by Gasteiger charge is 2.31. The molecule has 1 amide bonds. The van der Waals surface area contributed by atoms with E-state index in [-0.39, 0.29) is 18.4 Å². The summed E-state index contributed by atoms with van der Waals surface area (Å²) in [5.41, 5.74) is 0.995. The third-order valence-electron chi connectivity index (χ3n) is 3.53. The second kappa shape index (κ2) is 6.57. The van der Waals surface area contributed by atoms with Crippen LogP contribution in [0.15, 0.2) is 24.3 Å². The Morgan fingerprint density at radius 1 is 1.37 bits per heavy atom. The van der Waals surface area contributed by atoms with Crippen LogP contribution in [0, 0.1) is 0 Å². The number of carbonyl (C=O) groups is 1. The summed E-state index contributed by atoms with van der Waals surface area (Å²) < 4.78 is 5.54. The van der Waals surface area contributed by atoms with Crippen molar-refractivity contribution in [1.82, 2.24) is 4.90 Å². The highest BCUT2D eigenvalue weighted by molar-refractivity contribution is 5.85. The molecule has 1 unspecified atom stereocenters. The molecule has 1 heterocycles. The summed E-state index contributed by atoms with van der Waals surface area (Å²) in [6.45, 7) is 1.40. The lowest BCUT2D eigenvalue weighted by molar-refractivity contribution is -0.131. The Hall–Kier alpha value is -1.55. The number of likely N-dealkylation sites (N-methyl/N-ethyl adjacent to an activating group) is 1. The molecule has 1 N–H and O–H groups in total. The molecule has 1 aliphatic rings. The van der Waals surface area contributed by atoms with E-state index in [2.05, 4.69) is 0 Å². The number of carbonyl (C=O) groups excluding carboxylic acids is 1. The SMILES string of the molecule is CN(CCCCCO)C(=O)C1COc2ccccc21. The number of nitrogens with zero attached hydrogens (tertiary/aromatic N) is 1. The summed E-state index contributed by atoms with van der Waals surface area (Å²) in [6, 6.07) is 7.73. The van der Waals surface area contributed by atoms with Crippen LogP contribution in [0.5, 0.6) is 5.75 Å². The molecule has 0 saturated carbocycles. The first-order valence-electron chi connectivity index (χ1n) is 6.81. The first kappa shape index (κ1) is 13.9. The molecule has 0 saturated heterocycles. The summed E-state index contributed by atoms with van der Waals surface area (Å²) in [5.74, 6) is 0.780. The predicted molar refractivity (Wildman–Crippen MR) is 73.3 cm³/mol. The molecule has 0 bridgehead atoms. The molecular formula is C15H21NO3. The lowest BCUT2D eigenvalue weighted by Gasteiger charge is -2.20. The molecule has 1 atom stereocenters. The van der Waals surface area contributed by atoms with E-state index >= 15 is 0 Å². The Kier molecular flexibility index (Phi) is 4.80. The van der Waals surface area contributed by atoms with E-state index in [1.54, 1.807) is 4.90 Å². The van der Waals surface area contributed by atoms with Crippen LogP contribution in [0.2, 0.25) is 0 Å². The molecule has 104 valence electrons. The zero-order chi connectivity index (χ0) is 13.7. The van der Waals surface area contributed by atoms with Crippen molar-refractivity contribution in [3.05, 3.63) is 29.8 Å². The standard InChI is InChI=1S/C15H21NO3/c1-16(9-5-2-6-10-17)15(18)13-11-19-14-8-4-3-7-12(13)14/h3-4,7-8,13,17H,2,5-6,9-11H2,1H3. The van der Waals surface area contributed by atoms with Gasteiger partial charge in [0.15, 0.2) is 0 Å². The van der Waals surface area contributed by atoms with Crippen LogP contribution in [0.1, 0.15) is 30.7 Å². The van der Waals surface area contributed by atoms with Crippen LogP contribution in [-0.2, 0) is 4.79 Å². The number of hydrogen-bond acceptors (Lipinski definition) is 3. The maximum Gasteiger partial charge on any atom is 0.233 e. The molecule has 1 aliphatic heterocycles. The van der Waals surface area contributed by atoms with Crippen LogP contribution < -0.4 is 4.74 Å². The molecule has 0 radical (unpaired) electrons. The van der Waals surface area contributed by atoms with Gasteiger partial charge in [-0.1, -0.05) is 18.2 Å². The van der Waals surface area contributed by atoms with E-state index in [0.717, 1.165) is 37.1 Å². The Labute approximate surface area is 114 Å². The number of ether oxygens (including phenoxy) is 1. The smallest absolute Gasteiger partial charge is 0.233 e. The van der Waals surface area contributed by atoms with E-state index in [0.29, 0.717) is 6.61 Å². The van der Waals surface area contributed by atoms with Crippen molar-refractivity contribution < 1.29 is 14.6 Å². The number of amides is 1. The summed E-state index contributed by atoms with van der Waals surface area (Å²) in [6.07, 6.45) is 2.68. The third-order valence-corrected chi connectivity index (χ3v) is 3.53. The number of aliphatic hydroxyl groups excluding tert-OH is 1. The van der Waals surface area contributed by atoms with Crippen molar-refractivity contribution in [2.45, 2.75) is 25.2 Å². The second-order valence-corrected chi connectivity index (χ2v) is 4.95. The van der Waals surface area contributed by atoms with Crippen molar-refractivity contribution in [1.29, 1.82) is 0 Å². The highest BCUT2D eigenvalue weighted by Crippen LogP contribution is 2.34. The largest absolute Gasteiger partial charge is 0.492 e. The van der Waals surface area contributed by atoms with Gasteiger partial charge in [0.1, 0.15) is 18.3 Å². The number of rotatable bonds is 6. The average Bonchev–Trinajstić information content (AvgIpc) is 2.86. The minimum Gasteiger partial charge on any atom is -0.492 e. The Morgan fingerprint density at radius 3 is 2.95 bits per heavy atom. The van der Waals surface area contributed by atoms with E-state index in [4.69, 9.17) is 9.84 Å². The van der Waals surface area contributed by atoms with Gasteiger partial charge in [0.25, 0.3) is 0 Å². The Balaban J connectivity index is 1.90. The number of benzene rings is 1. The fourth-order valence-corrected chi connectivity index (χ4v) is 2.38. The van der Waals surface area contributed by atoms with Gasteiger partial charge < -0.3 is 14.7 Å². The van der Waals surface area contributed by atoms with Crippen molar-refractivity contribution in [2.24, 2.45) is 0 Å². The van der Waals surface area contributed by atoms with Gasteiger partial charge in [-0.05, 0) is 25.3 Å². The monoisotopic (exact) mass is 263 g/mol. The first-order chi connectivity index (χ1) is 9.24. The minimum absolute atomic E-state index is 0.119. The highest BCUT2D eigenvalue weighted by atomic mass is 16.5. The summed E-state index contributed by atoms with van der Waals surface area (Å²) in [4.78, 5) is 14.1. The molecular weight excluding hydrogens is 242 g/mol. The van der Waals surface area contributed by atoms with Crippen LogP contribution in [0.3, 0.4) is 0 Å². The van der Waals surface area contributed by atoms with E-state index < -0.39 is 0 Å². The minimum atomic E-state index is -0.168. The number of fused-ring (bicyclic) bond motifs is 1. The number of unbranched alkanes of at least 4 members (excludes halogenated alkanes) is 2. The lowest BCUT2D eigenvalue weighted by Crippen LogP contribution is -2.33. The number of para-hydroxylation sites is 1. The van der Waals surface area contributed by atoms with E-state index in [1.807, 2.05) is 31.3 Å². The van der Waals surface area contributed by atoms with Crippen molar-refractivity contribution in [3.63, 3.8) is 0 Å². The Bertz CT molecular complexity index is 433. The van der Waals surface area contributed by atoms with Crippen molar-refractivity contribution >= 4 is 5.91 Å². The second-order valence-electron chi connectivity index (χ2n) is 4.95. The lowest BCUT2D eigenvalue weighted by atomic mass is 10.00. The van der Waals surface area contributed by atoms with Crippen molar-refractivity contribution in [2.75, 3.05) is 26.8 Å². The van der Waals surface area contributed by atoms with Gasteiger partial charge in [0.2, 0.25) is 5.91 Å². The quantitative estimate of drug-likeness (QED) is 0.796. The zero-order valence-corrected chi connectivity index (χ0v) is 11.3. The molecule has 0 aliphatic carbocycles. The van der Waals surface area contributed by atoms with Gasteiger partial charge in [-0.15, -0.1) is 0 Å². The average molecular weight is 263 g/mol. The summed E-state index contributed by atoms with van der Waals surface area (Å²) in [7, 11) is 1.84. The molecule has 0 aromatic heterocycles. The molecule has 4 nitrogen and oxygen atoms in total. The number of hydrogen-bond donors (Lipinski definition) is 1. The molecule has 0 fully saturated rings. The summed E-state index contributed by atoms with van der Waals surface area (Å²) in [5, 5.41) is 8.73. The van der Waals surface area contributed by atoms with Gasteiger partial charge >= 0.3 is 0 Å². The molecule has 0 spiro atoms. The molecule has 4 heteroatoms. The van der Waals surface area contributed by atoms with Gasteiger partial charge in [-0.3, -0.25) is 4.79 Å². The fourth-order valence-electron chi connectivity index (χ4n) is 2.38. The van der Waals surface area contributed by atoms with E-state index in [9.17, 15) is 4.79 Å². The van der Waals surface area contributed by atoms with Crippen LogP contribution in [-0.4, -0.2) is 42.7 Å². The van der Waals surface area contributed by atoms with Crippen molar-refractivity contribution in [3.8, 4) is 5.75 Å². The van der Waals surface area contributed by atoms with Crippen LogP contribution in [0.25, 0.3) is 0 Å². The maximum atomic E-state index is 12.4. The normalized spacial score (nSPS) is 16.8. The van der Waals surface area contributed by atoms with Gasteiger partial charge in [0.05, 0.1) is 0 Å². The molecule has 2 rings (SSSR count). The predicted octanol–water partition coefficient (Wildman–Crippen LogP) is 1.78. The summed E-state index contributed by atoms with van der Waals surface area (Å²) >= 11 is 0. The van der Waals surface area contributed by atoms with Gasteiger partial charge in [-0.25, -0.2) is 0 Å². The third kappa shape index (κ3) is 3.26.